The van der Waals surface area contributed by atoms with Crippen molar-refractivity contribution in [3.8, 4) is 0 Å². The lowest BCUT2D eigenvalue weighted by atomic mass is 10.2. The molecule has 1 aliphatic heterocycles. The van der Waals surface area contributed by atoms with Crippen molar-refractivity contribution in [3.63, 3.8) is 0 Å². The maximum Gasteiger partial charge on any atom is 0.0679 e. The number of hydrogen-bond acceptors (Lipinski definition) is 3. The van der Waals surface area contributed by atoms with Crippen LogP contribution in [0.1, 0.15) is 12.0 Å². The molecule has 1 fully saturated rings. The lowest BCUT2D eigenvalue weighted by Gasteiger charge is -2.16. The van der Waals surface area contributed by atoms with E-state index in [0.29, 0.717) is 0 Å². The van der Waals surface area contributed by atoms with Crippen molar-refractivity contribution >= 4 is 21.6 Å². The maximum atomic E-state index is 9.41. The number of anilines is 1. The van der Waals surface area contributed by atoms with E-state index >= 15 is 0 Å². The molecule has 4 heteroatoms. The van der Waals surface area contributed by atoms with Crippen LogP contribution in [-0.2, 0) is 6.54 Å². The number of nitrogens with two attached hydrogens (primary N) is 1. The highest BCUT2D eigenvalue weighted by Crippen LogP contribution is 2.21. The Kier molecular flexibility index (Phi) is 3.29. The van der Waals surface area contributed by atoms with E-state index in [1.165, 1.54) is 0 Å². The highest BCUT2D eigenvalue weighted by atomic mass is 79.9. The molecule has 1 unspecified atom stereocenters. The minimum atomic E-state index is -0.165. The standard InChI is InChI=1S/C11H15BrN2O/c12-9-2-1-8(11(13)5-9)6-14-4-3-10(15)7-14/h1-2,5,10,15H,3-4,6-7,13H2. The summed E-state index contributed by atoms with van der Waals surface area (Å²) in [6.07, 6.45) is 0.706. The fourth-order valence-electron chi connectivity index (χ4n) is 1.91. The molecule has 82 valence electrons. The lowest BCUT2D eigenvalue weighted by molar-refractivity contribution is 0.175. The Hall–Kier alpha value is -0.580. The summed E-state index contributed by atoms with van der Waals surface area (Å²) in [6.45, 7) is 2.54. The van der Waals surface area contributed by atoms with Crippen LogP contribution in [0.5, 0.6) is 0 Å². The minimum Gasteiger partial charge on any atom is -0.398 e. The van der Waals surface area contributed by atoms with Crippen LogP contribution in [0.2, 0.25) is 0 Å². The van der Waals surface area contributed by atoms with Gasteiger partial charge in [0.2, 0.25) is 0 Å². The first kappa shape index (κ1) is 10.9. The van der Waals surface area contributed by atoms with Crippen molar-refractivity contribution in [2.45, 2.75) is 19.1 Å². The van der Waals surface area contributed by atoms with Crippen LogP contribution >= 0.6 is 15.9 Å². The van der Waals surface area contributed by atoms with Gasteiger partial charge >= 0.3 is 0 Å². The summed E-state index contributed by atoms with van der Waals surface area (Å²) in [7, 11) is 0. The highest BCUT2D eigenvalue weighted by molar-refractivity contribution is 9.10. The van der Waals surface area contributed by atoms with Gasteiger partial charge in [0.05, 0.1) is 6.10 Å². The van der Waals surface area contributed by atoms with Crippen LogP contribution in [0.3, 0.4) is 0 Å². The number of hydrogen-bond donors (Lipinski definition) is 2. The van der Waals surface area contributed by atoms with Crippen LogP contribution in [0.4, 0.5) is 5.69 Å². The van der Waals surface area contributed by atoms with Gasteiger partial charge in [-0.3, -0.25) is 4.90 Å². The van der Waals surface area contributed by atoms with Gasteiger partial charge in [0.25, 0.3) is 0 Å². The Balaban J connectivity index is 2.04. The molecule has 3 nitrogen and oxygen atoms in total. The lowest BCUT2D eigenvalue weighted by Crippen LogP contribution is -2.22. The van der Waals surface area contributed by atoms with Crippen LogP contribution < -0.4 is 5.73 Å². The summed E-state index contributed by atoms with van der Waals surface area (Å²) < 4.78 is 1.00. The normalized spacial score (nSPS) is 22.1. The van der Waals surface area contributed by atoms with E-state index < -0.39 is 0 Å². The summed E-state index contributed by atoms with van der Waals surface area (Å²) in [5.41, 5.74) is 7.86. The Morgan fingerprint density at radius 3 is 2.93 bits per heavy atom. The van der Waals surface area contributed by atoms with E-state index in [1.807, 2.05) is 18.2 Å². The average molecular weight is 271 g/mol. The van der Waals surface area contributed by atoms with Gasteiger partial charge in [0.15, 0.2) is 0 Å². The van der Waals surface area contributed by atoms with Gasteiger partial charge in [-0.05, 0) is 24.1 Å². The highest BCUT2D eigenvalue weighted by Gasteiger charge is 2.20. The summed E-state index contributed by atoms with van der Waals surface area (Å²) in [6, 6.07) is 5.95. The number of halogens is 1. The minimum absolute atomic E-state index is 0.165. The number of aliphatic hydroxyl groups is 1. The van der Waals surface area contributed by atoms with Gasteiger partial charge in [0, 0.05) is 29.8 Å². The van der Waals surface area contributed by atoms with Gasteiger partial charge in [0.1, 0.15) is 0 Å². The predicted molar refractivity (Wildman–Crippen MR) is 64.5 cm³/mol. The molecule has 1 atom stereocenters. The Morgan fingerprint density at radius 1 is 1.53 bits per heavy atom. The van der Waals surface area contributed by atoms with Gasteiger partial charge in [-0.1, -0.05) is 22.0 Å². The van der Waals surface area contributed by atoms with E-state index in [-0.39, 0.29) is 6.10 Å². The molecule has 0 spiro atoms. The SMILES string of the molecule is Nc1cc(Br)ccc1CN1CCC(O)C1. The van der Waals surface area contributed by atoms with Crippen LogP contribution in [0.25, 0.3) is 0 Å². The number of aliphatic hydroxyl groups excluding tert-OH is 1. The Bertz CT molecular complexity index is 356. The van der Waals surface area contributed by atoms with Crippen LogP contribution in [0, 0.1) is 0 Å². The van der Waals surface area contributed by atoms with E-state index in [2.05, 4.69) is 20.8 Å². The molecule has 0 saturated carbocycles. The first-order valence-corrected chi connectivity index (χ1v) is 5.89. The van der Waals surface area contributed by atoms with Gasteiger partial charge in [-0.15, -0.1) is 0 Å². The monoisotopic (exact) mass is 270 g/mol. The quantitative estimate of drug-likeness (QED) is 0.803. The third-order valence-electron chi connectivity index (χ3n) is 2.75. The second kappa shape index (κ2) is 4.51. The molecule has 1 aliphatic rings. The third-order valence-corrected chi connectivity index (χ3v) is 3.24. The molecule has 1 aromatic rings. The van der Waals surface area contributed by atoms with Crippen molar-refractivity contribution in [1.29, 1.82) is 0 Å². The first-order chi connectivity index (χ1) is 7.15. The van der Waals surface area contributed by atoms with Crippen molar-refractivity contribution in [2.24, 2.45) is 0 Å². The molecule has 0 bridgehead atoms. The second-order valence-electron chi connectivity index (χ2n) is 4.02. The van der Waals surface area contributed by atoms with E-state index in [0.717, 1.165) is 41.8 Å². The second-order valence-corrected chi connectivity index (χ2v) is 4.94. The van der Waals surface area contributed by atoms with E-state index in [4.69, 9.17) is 5.73 Å². The largest absolute Gasteiger partial charge is 0.398 e. The van der Waals surface area contributed by atoms with Gasteiger partial charge in [-0.25, -0.2) is 0 Å². The average Bonchev–Trinajstić information content (AvgIpc) is 2.56. The number of rotatable bonds is 2. The summed E-state index contributed by atoms with van der Waals surface area (Å²) in [5, 5.41) is 9.41. The molecule has 1 saturated heterocycles. The molecule has 1 heterocycles. The predicted octanol–water partition coefficient (Wildman–Crippen LogP) is 1.60. The molecule has 2 rings (SSSR count). The first-order valence-electron chi connectivity index (χ1n) is 5.09. The molecule has 0 radical (unpaired) electrons. The molecule has 0 aromatic heterocycles. The molecule has 1 aromatic carbocycles. The molecule has 3 N–H and O–H groups in total. The van der Waals surface area contributed by atoms with Crippen molar-refractivity contribution in [2.75, 3.05) is 18.8 Å². The number of nitrogen functional groups attached to an aromatic ring is 1. The smallest absolute Gasteiger partial charge is 0.0679 e. The van der Waals surface area contributed by atoms with E-state index in [1.54, 1.807) is 0 Å². The number of likely N-dealkylation sites (tertiary alicyclic amines) is 1. The topological polar surface area (TPSA) is 49.5 Å². The van der Waals surface area contributed by atoms with Crippen molar-refractivity contribution in [1.82, 2.24) is 4.90 Å². The fourth-order valence-corrected chi connectivity index (χ4v) is 2.29. The van der Waals surface area contributed by atoms with Crippen LogP contribution in [0.15, 0.2) is 22.7 Å². The molecule has 15 heavy (non-hydrogen) atoms. The third kappa shape index (κ3) is 2.71. The summed E-state index contributed by atoms with van der Waals surface area (Å²) >= 11 is 3.38. The van der Waals surface area contributed by atoms with Gasteiger partial charge in [-0.2, -0.15) is 0 Å². The Morgan fingerprint density at radius 2 is 2.33 bits per heavy atom. The molecular formula is C11H15BrN2O. The van der Waals surface area contributed by atoms with Crippen molar-refractivity contribution < 1.29 is 5.11 Å². The zero-order chi connectivity index (χ0) is 10.8. The maximum absolute atomic E-state index is 9.41. The number of β-amino-alcohol motifs (C(OH)–C–C–N with tert-alkyl or cyclic N) is 1. The Labute approximate surface area is 98.0 Å². The molecular weight excluding hydrogens is 256 g/mol. The fraction of sp³-hybridized carbons (Fsp3) is 0.455. The van der Waals surface area contributed by atoms with E-state index in [9.17, 15) is 5.11 Å². The van der Waals surface area contributed by atoms with Gasteiger partial charge < -0.3 is 10.8 Å². The van der Waals surface area contributed by atoms with Crippen molar-refractivity contribution in [3.05, 3.63) is 28.2 Å². The summed E-state index contributed by atoms with van der Waals surface area (Å²) in [4.78, 5) is 2.23. The molecule has 0 amide bonds. The number of benzene rings is 1. The molecule has 0 aliphatic carbocycles. The zero-order valence-electron chi connectivity index (χ0n) is 8.49. The summed E-state index contributed by atoms with van der Waals surface area (Å²) in [5.74, 6) is 0. The number of nitrogens with zero attached hydrogens (tertiary/aromatic N) is 1. The van der Waals surface area contributed by atoms with Crippen LogP contribution in [-0.4, -0.2) is 29.2 Å². The zero-order valence-corrected chi connectivity index (χ0v) is 10.1.